The monoisotopic (exact) mass is 370 g/mol. The Morgan fingerprint density at radius 2 is 2.00 bits per heavy atom. The van der Waals surface area contributed by atoms with E-state index in [1.54, 1.807) is 6.20 Å². The Bertz CT molecular complexity index is 613. The number of ether oxygens (including phenoxy) is 2. The Hall–Kier alpha value is -1.27. The summed E-state index contributed by atoms with van der Waals surface area (Å²) in [6, 6.07) is 0. The molecule has 1 rings (SSSR count). The van der Waals surface area contributed by atoms with Gasteiger partial charge in [-0.1, -0.05) is 6.92 Å². The van der Waals surface area contributed by atoms with Crippen molar-refractivity contribution in [2.24, 2.45) is 0 Å². The molecule has 6 heteroatoms. The highest BCUT2D eigenvalue weighted by Crippen LogP contribution is 2.38. The van der Waals surface area contributed by atoms with E-state index in [1.807, 2.05) is 39.3 Å². The van der Waals surface area contributed by atoms with Crippen molar-refractivity contribution in [2.45, 2.75) is 53.9 Å². The lowest BCUT2D eigenvalue weighted by Crippen LogP contribution is -2.22. The van der Waals surface area contributed by atoms with Gasteiger partial charge in [-0.15, -0.1) is 0 Å². The average molecular weight is 371 g/mol. The van der Waals surface area contributed by atoms with E-state index in [-0.39, 0.29) is 5.97 Å². The number of allylic oxidation sites excluding steroid dienone is 1. The van der Waals surface area contributed by atoms with Crippen LogP contribution in [-0.4, -0.2) is 52.0 Å². The van der Waals surface area contributed by atoms with Gasteiger partial charge in [0.05, 0.1) is 12.8 Å². The second-order valence-electron chi connectivity index (χ2n) is 7.80. The summed E-state index contributed by atoms with van der Waals surface area (Å²) in [5.41, 5.74) is 2.28. The Labute approximate surface area is 154 Å². The molecule has 1 aromatic heterocycles. The number of carbonyl (C=O) groups excluding carboxylic acids is 1. The Morgan fingerprint density at radius 1 is 1.36 bits per heavy atom. The zero-order valence-corrected chi connectivity index (χ0v) is 17.8. The highest BCUT2D eigenvalue weighted by molar-refractivity contribution is 8.32. The first kappa shape index (κ1) is 21.8. The highest BCUT2D eigenvalue weighted by Gasteiger charge is 2.16. The molecule has 0 saturated carbocycles. The molecule has 0 aliphatic rings. The molecule has 0 aromatic carbocycles. The van der Waals surface area contributed by atoms with Crippen LogP contribution in [0.25, 0.3) is 5.57 Å². The number of aromatic nitrogens is 2. The molecule has 0 radical (unpaired) electrons. The molecule has 0 saturated heterocycles. The van der Waals surface area contributed by atoms with Crippen LogP contribution in [0, 0.1) is 6.92 Å². The fourth-order valence-electron chi connectivity index (χ4n) is 2.13. The van der Waals surface area contributed by atoms with Crippen molar-refractivity contribution in [3.05, 3.63) is 23.5 Å². The number of hydrogen-bond acceptors (Lipinski definition) is 4. The van der Waals surface area contributed by atoms with Crippen molar-refractivity contribution in [3.63, 3.8) is 0 Å². The van der Waals surface area contributed by atoms with Gasteiger partial charge in [0, 0.05) is 23.1 Å². The van der Waals surface area contributed by atoms with Gasteiger partial charge < -0.3 is 9.47 Å². The van der Waals surface area contributed by atoms with Crippen molar-refractivity contribution in [2.75, 3.05) is 30.6 Å². The van der Waals surface area contributed by atoms with Crippen LogP contribution in [0.3, 0.4) is 0 Å². The van der Waals surface area contributed by atoms with Gasteiger partial charge in [-0.2, -0.15) is 5.10 Å². The molecule has 0 atom stereocenters. The van der Waals surface area contributed by atoms with Gasteiger partial charge >= 0.3 is 5.97 Å². The Kier molecular flexibility index (Phi) is 7.75. The van der Waals surface area contributed by atoms with E-state index in [0.29, 0.717) is 6.73 Å². The first-order chi connectivity index (χ1) is 11.4. The smallest absolute Gasteiger partial charge is 0.331 e. The topological polar surface area (TPSA) is 53.4 Å². The SMILES string of the molecule is CCS(C)(C)CCOCn1ncc(/C(C)=C/C(=O)OC(C)(C)C)c1C. The summed E-state index contributed by atoms with van der Waals surface area (Å²) in [6.45, 7) is 12.9. The van der Waals surface area contributed by atoms with Crippen molar-refractivity contribution < 1.29 is 14.3 Å². The largest absolute Gasteiger partial charge is 0.457 e. The second kappa shape index (κ2) is 8.90. The number of nitrogens with zero attached hydrogens (tertiary/aromatic N) is 2. The van der Waals surface area contributed by atoms with Gasteiger partial charge in [-0.05, 0) is 58.5 Å². The first-order valence-corrected chi connectivity index (χ1v) is 11.4. The number of carbonyl (C=O) groups is 1. The minimum Gasteiger partial charge on any atom is -0.457 e. The molecule has 0 bridgehead atoms. The average Bonchev–Trinajstić information content (AvgIpc) is 2.83. The lowest BCUT2D eigenvalue weighted by atomic mass is 10.1. The van der Waals surface area contributed by atoms with Crippen LogP contribution in [-0.2, 0) is 21.0 Å². The molecule has 0 amide bonds. The molecule has 0 spiro atoms. The van der Waals surface area contributed by atoms with Crippen LogP contribution >= 0.6 is 10.0 Å². The first-order valence-electron chi connectivity index (χ1n) is 8.65. The molecule has 5 nitrogen and oxygen atoms in total. The van der Waals surface area contributed by atoms with E-state index in [9.17, 15) is 4.79 Å². The van der Waals surface area contributed by atoms with Gasteiger partial charge in [0.2, 0.25) is 0 Å². The van der Waals surface area contributed by atoms with Crippen molar-refractivity contribution in [1.29, 1.82) is 0 Å². The predicted octanol–water partition coefficient (Wildman–Crippen LogP) is 3.99. The third kappa shape index (κ3) is 7.65. The van der Waals surface area contributed by atoms with E-state index in [1.165, 1.54) is 11.8 Å². The van der Waals surface area contributed by atoms with E-state index < -0.39 is 15.6 Å². The van der Waals surface area contributed by atoms with Gasteiger partial charge in [0.25, 0.3) is 0 Å². The Balaban J connectivity index is 2.66. The zero-order chi connectivity index (χ0) is 19.3. The van der Waals surface area contributed by atoms with Gasteiger partial charge in [0.1, 0.15) is 12.3 Å². The van der Waals surface area contributed by atoms with Crippen LogP contribution in [0.4, 0.5) is 0 Å². The normalized spacial score (nSPS) is 13.8. The Morgan fingerprint density at radius 3 is 2.56 bits per heavy atom. The van der Waals surface area contributed by atoms with Crippen LogP contribution in [0.1, 0.15) is 45.9 Å². The summed E-state index contributed by atoms with van der Waals surface area (Å²) >= 11 is 0. The summed E-state index contributed by atoms with van der Waals surface area (Å²) in [4.78, 5) is 11.9. The highest BCUT2D eigenvalue weighted by atomic mass is 32.3. The lowest BCUT2D eigenvalue weighted by Gasteiger charge is -2.29. The lowest BCUT2D eigenvalue weighted by molar-refractivity contribution is -0.148. The fourth-order valence-corrected chi connectivity index (χ4v) is 2.99. The molecule has 0 aliphatic carbocycles. The van der Waals surface area contributed by atoms with Crippen molar-refractivity contribution in [1.82, 2.24) is 9.78 Å². The quantitative estimate of drug-likeness (QED) is 0.394. The summed E-state index contributed by atoms with van der Waals surface area (Å²) in [7, 11) is -0.536. The summed E-state index contributed by atoms with van der Waals surface area (Å²) < 4.78 is 13.0. The third-order valence-corrected chi connectivity index (χ3v) is 6.88. The van der Waals surface area contributed by atoms with Crippen LogP contribution in [0.5, 0.6) is 0 Å². The zero-order valence-electron chi connectivity index (χ0n) is 17.0. The maximum atomic E-state index is 11.9. The maximum Gasteiger partial charge on any atom is 0.331 e. The molecule has 0 N–H and O–H groups in total. The summed E-state index contributed by atoms with van der Waals surface area (Å²) in [6.07, 6.45) is 7.96. The van der Waals surface area contributed by atoms with Gasteiger partial charge in [-0.25, -0.2) is 19.5 Å². The summed E-state index contributed by atoms with van der Waals surface area (Å²) in [5, 5.41) is 4.38. The molecule has 1 heterocycles. The standard InChI is InChI=1S/C19H34N2O3S/c1-9-25(7,8)11-10-23-14-21-16(3)17(13-20-21)15(2)12-18(22)24-19(4,5)6/h12-13H,9-11,14H2,1-8H3/b15-12+. The molecule has 25 heavy (non-hydrogen) atoms. The third-order valence-electron chi connectivity index (χ3n) is 4.04. The van der Waals surface area contributed by atoms with E-state index in [4.69, 9.17) is 9.47 Å². The number of rotatable bonds is 8. The number of hydrogen-bond donors (Lipinski definition) is 0. The second-order valence-corrected chi connectivity index (χ2v) is 12.3. The molecule has 1 aromatic rings. The van der Waals surface area contributed by atoms with Crippen LogP contribution in [0.15, 0.2) is 12.3 Å². The molecule has 0 aliphatic heterocycles. The van der Waals surface area contributed by atoms with E-state index in [2.05, 4.69) is 24.5 Å². The molecular formula is C19H34N2O3S. The van der Waals surface area contributed by atoms with Crippen LogP contribution < -0.4 is 0 Å². The van der Waals surface area contributed by atoms with Crippen LogP contribution in [0.2, 0.25) is 0 Å². The van der Waals surface area contributed by atoms with Gasteiger partial charge in [-0.3, -0.25) is 0 Å². The summed E-state index contributed by atoms with van der Waals surface area (Å²) in [5.74, 6) is 1.99. The fraction of sp³-hybridized carbons (Fsp3) is 0.684. The maximum absolute atomic E-state index is 11.9. The molecule has 144 valence electrons. The molecular weight excluding hydrogens is 336 g/mol. The van der Waals surface area contributed by atoms with E-state index >= 15 is 0 Å². The van der Waals surface area contributed by atoms with Crippen molar-refractivity contribution >= 4 is 21.6 Å². The number of esters is 1. The minimum atomic E-state index is -0.536. The molecule has 0 fully saturated rings. The van der Waals surface area contributed by atoms with Crippen molar-refractivity contribution in [3.8, 4) is 0 Å². The minimum absolute atomic E-state index is 0.335. The van der Waals surface area contributed by atoms with Gasteiger partial charge in [0.15, 0.2) is 0 Å². The molecule has 0 unspecified atom stereocenters. The van der Waals surface area contributed by atoms with E-state index in [0.717, 1.165) is 29.2 Å². The predicted molar refractivity (Wildman–Crippen MR) is 107 cm³/mol.